The van der Waals surface area contributed by atoms with Crippen molar-refractivity contribution in [3.63, 3.8) is 0 Å². The zero-order valence-electron chi connectivity index (χ0n) is 7.03. The minimum Gasteiger partial charge on any atom is -0.490 e. The van der Waals surface area contributed by atoms with Gasteiger partial charge >= 0.3 is 0 Å². The molecule has 64 valence electrons. The summed E-state index contributed by atoms with van der Waals surface area (Å²) in [4.78, 5) is 3.84. The van der Waals surface area contributed by atoms with Crippen molar-refractivity contribution < 1.29 is 4.74 Å². The van der Waals surface area contributed by atoms with Crippen LogP contribution in [0.15, 0.2) is 18.5 Å². The number of ether oxygens (including phenoxy) is 1. The first-order chi connectivity index (χ1) is 6.38. The molecule has 0 spiro atoms. The molecule has 0 aliphatic carbocycles. The Labute approximate surface area is 77.0 Å². The highest BCUT2D eigenvalue weighted by atomic mass is 16.5. The van der Waals surface area contributed by atoms with Crippen LogP contribution in [0.1, 0.15) is 12.0 Å². The van der Waals surface area contributed by atoms with Crippen LogP contribution < -0.4 is 4.74 Å². The van der Waals surface area contributed by atoms with Crippen LogP contribution >= 0.6 is 0 Å². The molecule has 1 rings (SSSR count). The lowest BCUT2D eigenvalue weighted by atomic mass is 10.3. The van der Waals surface area contributed by atoms with Crippen molar-refractivity contribution in [1.29, 1.82) is 5.26 Å². The fourth-order valence-electron chi connectivity index (χ4n) is 0.807. The predicted octanol–water partition coefficient (Wildman–Crippen LogP) is 1.36. The number of nitriles is 1. The highest BCUT2D eigenvalue weighted by Gasteiger charge is 2.00. The lowest BCUT2D eigenvalue weighted by Crippen LogP contribution is -1.98. The number of hydrogen-bond acceptors (Lipinski definition) is 3. The Kier molecular flexibility index (Phi) is 3.35. The largest absolute Gasteiger partial charge is 0.490 e. The molecule has 3 heteroatoms. The standard InChI is InChI=1S/C10H8N2O/c1-2-3-6-13-10-8-12-5-4-9(10)7-11/h1,4-5,8H,3,6H2. The van der Waals surface area contributed by atoms with Crippen molar-refractivity contribution in [2.24, 2.45) is 0 Å². The van der Waals surface area contributed by atoms with Crippen molar-refractivity contribution in [3.8, 4) is 24.2 Å². The maximum atomic E-state index is 8.68. The van der Waals surface area contributed by atoms with Gasteiger partial charge in [0.2, 0.25) is 0 Å². The van der Waals surface area contributed by atoms with Gasteiger partial charge in [-0.1, -0.05) is 0 Å². The summed E-state index contributed by atoms with van der Waals surface area (Å²) in [7, 11) is 0. The molecule has 1 aromatic rings. The lowest BCUT2D eigenvalue weighted by molar-refractivity contribution is 0.325. The van der Waals surface area contributed by atoms with Crippen molar-refractivity contribution in [2.75, 3.05) is 6.61 Å². The zero-order chi connectivity index (χ0) is 9.52. The Hall–Kier alpha value is -2.00. The lowest BCUT2D eigenvalue weighted by Gasteiger charge is -2.03. The van der Waals surface area contributed by atoms with E-state index in [1.54, 1.807) is 12.3 Å². The van der Waals surface area contributed by atoms with Crippen molar-refractivity contribution in [3.05, 3.63) is 24.0 Å². The monoisotopic (exact) mass is 172 g/mol. The number of hydrogen-bond donors (Lipinski definition) is 0. The van der Waals surface area contributed by atoms with Crippen molar-refractivity contribution >= 4 is 0 Å². The summed E-state index contributed by atoms with van der Waals surface area (Å²) in [5.74, 6) is 2.93. The van der Waals surface area contributed by atoms with Crippen LogP contribution in [0.3, 0.4) is 0 Å². The normalized spacial score (nSPS) is 8.46. The van der Waals surface area contributed by atoms with Gasteiger partial charge in [-0.25, -0.2) is 0 Å². The minimum atomic E-state index is 0.414. The molecular formula is C10H8N2O. The highest BCUT2D eigenvalue weighted by molar-refractivity contribution is 5.40. The second-order valence-electron chi connectivity index (χ2n) is 2.29. The number of terminal acetylenes is 1. The van der Waals surface area contributed by atoms with E-state index >= 15 is 0 Å². The van der Waals surface area contributed by atoms with Gasteiger partial charge in [0.15, 0.2) is 5.75 Å². The van der Waals surface area contributed by atoms with Crippen molar-refractivity contribution in [1.82, 2.24) is 4.98 Å². The van der Waals surface area contributed by atoms with Crippen LogP contribution in [0.4, 0.5) is 0 Å². The summed E-state index contributed by atoms with van der Waals surface area (Å²) in [6.45, 7) is 0.414. The second-order valence-corrected chi connectivity index (χ2v) is 2.29. The van der Waals surface area contributed by atoms with E-state index in [2.05, 4.69) is 10.9 Å². The van der Waals surface area contributed by atoms with Crippen LogP contribution in [0.5, 0.6) is 5.75 Å². The van der Waals surface area contributed by atoms with Gasteiger partial charge in [-0.2, -0.15) is 5.26 Å². The van der Waals surface area contributed by atoms with Gasteiger partial charge in [-0.3, -0.25) is 4.98 Å². The average molecular weight is 172 g/mol. The van der Waals surface area contributed by atoms with E-state index in [1.165, 1.54) is 6.20 Å². The van der Waals surface area contributed by atoms with Gasteiger partial charge in [-0.05, 0) is 6.07 Å². The van der Waals surface area contributed by atoms with Crippen LogP contribution in [-0.2, 0) is 0 Å². The Morgan fingerprint density at radius 2 is 2.46 bits per heavy atom. The van der Waals surface area contributed by atoms with E-state index < -0.39 is 0 Å². The summed E-state index contributed by atoms with van der Waals surface area (Å²) < 4.78 is 5.24. The third kappa shape index (κ3) is 2.50. The van der Waals surface area contributed by atoms with Gasteiger partial charge in [0.25, 0.3) is 0 Å². The van der Waals surface area contributed by atoms with E-state index in [9.17, 15) is 0 Å². The smallest absolute Gasteiger partial charge is 0.155 e. The van der Waals surface area contributed by atoms with E-state index in [0.29, 0.717) is 24.3 Å². The zero-order valence-corrected chi connectivity index (χ0v) is 7.03. The Balaban J connectivity index is 2.67. The van der Waals surface area contributed by atoms with Crippen LogP contribution in [0.25, 0.3) is 0 Å². The molecule has 0 N–H and O–H groups in total. The van der Waals surface area contributed by atoms with E-state index in [0.717, 1.165) is 0 Å². The first-order valence-corrected chi connectivity index (χ1v) is 3.79. The number of nitrogens with zero attached hydrogens (tertiary/aromatic N) is 2. The quantitative estimate of drug-likeness (QED) is 0.510. The van der Waals surface area contributed by atoms with Gasteiger partial charge in [0.1, 0.15) is 6.07 Å². The Morgan fingerprint density at radius 1 is 1.62 bits per heavy atom. The summed E-state index contributed by atoms with van der Waals surface area (Å²) in [6.07, 6.45) is 8.64. The number of pyridine rings is 1. The highest BCUT2D eigenvalue weighted by Crippen LogP contribution is 2.14. The van der Waals surface area contributed by atoms with E-state index in [-0.39, 0.29) is 0 Å². The molecule has 0 aromatic carbocycles. The van der Waals surface area contributed by atoms with Crippen molar-refractivity contribution in [2.45, 2.75) is 6.42 Å². The summed E-state index contributed by atoms with van der Waals surface area (Å²) >= 11 is 0. The number of rotatable bonds is 3. The Morgan fingerprint density at radius 3 is 3.15 bits per heavy atom. The summed E-state index contributed by atoms with van der Waals surface area (Å²) in [5, 5.41) is 8.68. The fraction of sp³-hybridized carbons (Fsp3) is 0.200. The molecule has 0 aliphatic heterocycles. The topological polar surface area (TPSA) is 45.9 Å². The molecule has 13 heavy (non-hydrogen) atoms. The number of aromatic nitrogens is 1. The van der Waals surface area contributed by atoms with Gasteiger partial charge in [0, 0.05) is 12.6 Å². The molecule has 1 heterocycles. The third-order valence-electron chi connectivity index (χ3n) is 1.41. The summed E-state index contributed by atoms with van der Waals surface area (Å²) in [5.41, 5.74) is 0.479. The molecule has 0 aliphatic rings. The first kappa shape index (κ1) is 9.09. The molecule has 1 aromatic heterocycles. The molecule has 0 atom stereocenters. The van der Waals surface area contributed by atoms with E-state index in [4.69, 9.17) is 16.4 Å². The molecular weight excluding hydrogens is 164 g/mol. The molecule has 0 unspecified atom stereocenters. The molecule has 3 nitrogen and oxygen atoms in total. The predicted molar refractivity (Wildman–Crippen MR) is 47.9 cm³/mol. The molecule has 0 bridgehead atoms. The average Bonchev–Trinajstić information content (AvgIpc) is 2.19. The molecule has 0 fully saturated rings. The molecule has 0 amide bonds. The summed E-state index contributed by atoms with van der Waals surface area (Å²) in [6, 6.07) is 3.61. The van der Waals surface area contributed by atoms with E-state index in [1.807, 2.05) is 6.07 Å². The van der Waals surface area contributed by atoms with Gasteiger partial charge in [-0.15, -0.1) is 12.3 Å². The Bertz CT molecular complexity index is 360. The van der Waals surface area contributed by atoms with Crippen LogP contribution in [0, 0.1) is 23.7 Å². The maximum Gasteiger partial charge on any atom is 0.155 e. The molecule has 0 radical (unpaired) electrons. The van der Waals surface area contributed by atoms with Crippen LogP contribution in [0.2, 0.25) is 0 Å². The SMILES string of the molecule is C#CCCOc1cnccc1C#N. The minimum absolute atomic E-state index is 0.414. The fourth-order valence-corrected chi connectivity index (χ4v) is 0.807. The van der Waals surface area contributed by atoms with Gasteiger partial charge < -0.3 is 4.74 Å². The van der Waals surface area contributed by atoms with Crippen LogP contribution in [-0.4, -0.2) is 11.6 Å². The second kappa shape index (κ2) is 4.79. The van der Waals surface area contributed by atoms with Gasteiger partial charge in [0.05, 0.1) is 18.4 Å². The third-order valence-corrected chi connectivity index (χ3v) is 1.41. The maximum absolute atomic E-state index is 8.68. The molecule has 0 saturated carbocycles. The first-order valence-electron chi connectivity index (χ1n) is 3.79. The molecule has 0 saturated heterocycles.